The van der Waals surface area contributed by atoms with E-state index >= 15 is 0 Å². The molecule has 1 saturated carbocycles. The van der Waals surface area contributed by atoms with Crippen LogP contribution in [0.4, 0.5) is 0 Å². The number of nitrogens with zero attached hydrogens (tertiary/aromatic N) is 1. The van der Waals surface area contributed by atoms with Gasteiger partial charge < -0.3 is 5.32 Å². The van der Waals surface area contributed by atoms with E-state index in [2.05, 4.69) is 23.2 Å². The number of nitrogens with one attached hydrogen (secondary N) is 1. The molecular weight excluding hydrogens is 276 g/mol. The van der Waals surface area contributed by atoms with Crippen LogP contribution in [0.3, 0.4) is 0 Å². The Labute approximate surface area is 125 Å². The number of halogens is 1. The SMILES string of the molecule is CC(c1ccc(Cl)s1)N(CC1CCCNC1)C1CC1. The molecule has 0 bridgehead atoms. The molecule has 4 heteroatoms. The van der Waals surface area contributed by atoms with Gasteiger partial charge in [-0.05, 0) is 63.7 Å². The van der Waals surface area contributed by atoms with E-state index in [4.69, 9.17) is 11.6 Å². The minimum absolute atomic E-state index is 0.520. The second-order valence-corrected chi connectivity index (χ2v) is 7.70. The fourth-order valence-corrected chi connectivity index (χ4v) is 4.26. The maximum Gasteiger partial charge on any atom is 0.0931 e. The van der Waals surface area contributed by atoms with Crippen molar-refractivity contribution < 1.29 is 0 Å². The molecule has 0 spiro atoms. The second-order valence-electron chi connectivity index (χ2n) is 5.96. The Hall–Kier alpha value is -0.0900. The quantitative estimate of drug-likeness (QED) is 0.886. The van der Waals surface area contributed by atoms with Crippen molar-refractivity contribution in [1.29, 1.82) is 0 Å². The average molecular weight is 299 g/mol. The van der Waals surface area contributed by atoms with Crippen molar-refractivity contribution in [2.75, 3.05) is 19.6 Å². The lowest BCUT2D eigenvalue weighted by atomic mass is 9.98. The summed E-state index contributed by atoms with van der Waals surface area (Å²) < 4.78 is 0.914. The maximum absolute atomic E-state index is 6.09. The zero-order valence-electron chi connectivity index (χ0n) is 11.6. The van der Waals surface area contributed by atoms with Crippen molar-refractivity contribution >= 4 is 22.9 Å². The van der Waals surface area contributed by atoms with Crippen LogP contribution >= 0.6 is 22.9 Å². The van der Waals surface area contributed by atoms with Crippen LogP contribution in [-0.4, -0.2) is 30.6 Å². The summed E-state index contributed by atoms with van der Waals surface area (Å²) in [5.41, 5.74) is 0. The summed E-state index contributed by atoms with van der Waals surface area (Å²) in [6, 6.07) is 5.57. The van der Waals surface area contributed by atoms with E-state index in [0.717, 1.165) is 16.3 Å². The van der Waals surface area contributed by atoms with Gasteiger partial charge in [0.25, 0.3) is 0 Å². The number of hydrogen-bond donors (Lipinski definition) is 1. The van der Waals surface area contributed by atoms with Gasteiger partial charge in [0, 0.05) is 23.5 Å². The van der Waals surface area contributed by atoms with E-state index in [9.17, 15) is 0 Å². The largest absolute Gasteiger partial charge is 0.316 e. The van der Waals surface area contributed by atoms with Crippen molar-refractivity contribution in [2.24, 2.45) is 5.92 Å². The molecule has 2 fully saturated rings. The van der Waals surface area contributed by atoms with Crippen LogP contribution in [0.15, 0.2) is 12.1 Å². The fourth-order valence-electron chi connectivity index (χ4n) is 3.12. The van der Waals surface area contributed by atoms with Crippen LogP contribution < -0.4 is 5.32 Å². The highest BCUT2D eigenvalue weighted by Gasteiger charge is 2.34. The Bertz CT molecular complexity index is 410. The highest BCUT2D eigenvalue weighted by atomic mass is 35.5. The Balaban J connectivity index is 1.66. The molecule has 0 amide bonds. The molecule has 0 aromatic carbocycles. The van der Waals surface area contributed by atoms with Crippen molar-refractivity contribution in [3.05, 3.63) is 21.3 Å². The Morgan fingerprint density at radius 3 is 2.84 bits per heavy atom. The summed E-state index contributed by atoms with van der Waals surface area (Å²) in [6.45, 7) is 5.99. The van der Waals surface area contributed by atoms with Gasteiger partial charge in [0.1, 0.15) is 0 Å². The van der Waals surface area contributed by atoms with Gasteiger partial charge in [0.05, 0.1) is 4.34 Å². The van der Waals surface area contributed by atoms with Gasteiger partial charge >= 0.3 is 0 Å². The summed E-state index contributed by atoms with van der Waals surface area (Å²) in [7, 11) is 0. The minimum atomic E-state index is 0.520. The number of piperidine rings is 1. The van der Waals surface area contributed by atoms with Crippen molar-refractivity contribution in [1.82, 2.24) is 10.2 Å². The standard InChI is InChI=1S/C15H23ClN2S/c1-11(14-6-7-15(16)19-14)18(13-4-5-13)10-12-3-2-8-17-9-12/h6-7,11-13,17H,2-5,8-10H2,1H3. The molecule has 2 heterocycles. The molecule has 1 saturated heterocycles. The third-order valence-corrected chi connectivity index (χ3v) is 5.79. The maximum atomic E-state index is 6.09. The van der Waals surface area contributed by atoms with Crippen LogP contribution in [0.25, 0.3) is 0 Å². The van der Waals surface area contributed by atoms with E-state index in [0.29, 0.717) is 6.04 Å². The van der Waals surface area contributed by atoms with E-state index in [1.807, 2.05) is 6.07 Å². The topological polar surface area (TPSA) is 15.3 Å². The summed E-state index contributed by atoms with van der Waals surface area (Å²) in [4.78, 5) is 4.14. The van der Waals surface area contributed by atoms with Crippen LogP contribution in [0.5, 0.6) is 0 Å². The lowest BCUT2D eigenvalue weighted by molar-refractivity contribution is 0.156. The zero-order chi connectivity index (χ0) is 13.2. The molecule has 1 N–H and O–H groups in total. The smallest absolute Gasteiger partial charge is 0.0931 e. The minimum Gasteiger partial charge on any atom is -0.316 e. The van der Waals surface area contributed by atoms with E-state index in [-0.39, 0.29) is 0 Å². The van der Waals surface area contributed by atoms with Crippen LogP contribution in [0, 0.1) is 5.92 Å². The first kappa shape index (κ1) is 13.9. The van der Waals surface area contributed by atoms with Gasteiger partial charge in [-0.15, -0.1) is 11.3 Å². The molecule has 2 unspecified atom stereocenters. The molecule has 1 aliphatic carbocycles. The van der Waals surface area contributed by atoms with E-state index in [1.54, 1.807) is 11.3 Å². The van der Waals surface area contributed by atoms with E-state index < -0.39 is 0 Å². The van der Waals surface area contributed by atoms with Crippen molar-refractivity contribution in [2.45, 2.75) is 44.7 Å². The van der Waals surface area contributed by atoms with Gasteiger partial charge in [-0.1, -0.05) is 11.6 Å². The van der Waals surface area contributed by atoms with Gasteiger partial charge in [-0.3, -0.25) is 4.90 Å². The highest BCUT2D eigenvalue weighted by molar-refractivity contribution is 7.16. The molecule has 1 aromatic rings. The Morgan fingerprint density at radius 1 is 1.42 bits per heavy atom. The molecule has 2 nitrogen and oxygen atoms in total. The van der Waals surface area contributed by atoms with Crippen molar-refractivity contribution in [3.63, 3.8) is 0 Å². The molecule has 1 aliphatic heterocycles. The predicted octanol–water partition coefficient (Wildman–Crippen LogP) is 3.93. The normalized spacial score (nSPS) is 25.7. The van der Waals surface area contributed by atoms with Gasteiger partial charge in [0.2, 0.25) is 0 Å². The molecule has 2 atom stereocenters. The summed E-state index contributed by atoms with van der Waals surface area (Å²) in [5.74, 6) is 0.826. The summed E-state index contributed by atoms with van der Waals surface area (Å²) in [5, 5.41) is 3.54. The third-order valence-electron chi connectivity index (χ3n) is 4.39. The fraction of sp³-hybridized carbons (Fsp3) is 0.733. The average Bonchev–Trinajstić information content (AvgIpc) is 3.18. The van der Waals surface area contributed by atoms with Gasteiger partial charge in [-0.25, -0.2) is 0 Å². The molecule has 2 aliphatic rings. The molecule has 106 valence electrons. The predicted molar refractivity (Wildman–Crippen MR) is 83.1 cm³/mol. The zero-order valence-corrected chi connectivity index (χ0v) is 13.1. The molecule has 19 heavy (non-hydrogen) atoms. The Morgan fingerprint density at radius 2 is 2.26 bits per heavy atom. The van der Waals surface area contributed by atoms with Crippen LogP contribution in [0.2, 0.25) is 4.34 Å². The van der Waals surface area contributed by atoms with Crippen molar-refractivity contribution in [3.8, 4) is 0 Å². The van der Waals surface area contributed by atoms with Gasteiger partial charge in [-0.2, -0.15) is 0 Å². The second kappa shape index (κ2) is 6.13. The lowest BCUT2D eigenvalue weighted by Gasteiger charge is -2.34. The van der Waals surface area contributed by atoms with Crippen LogP contribution in [0.1, 0.15) is 43.5 Å². The molecule has 1 aromatic heterocycles. The van der Waals surface area contributed by atoms with Crippen LogP contribution in [-0.2, 0) is 0 Å². The molecular formula is C15H23ClN2S. The third kappa shape index (κ3) is 3.52. The lowest BCUT2D eigenvalue weighted by Crippen LogP contribution is -2.40. The first-order valence-electron chi connectivity index (χ1n) is 7.45. The first-order chi connectivity index (χ1) is 9.24. The highest BCUT2D eigenvalue weighted by Crippen LogP contribution is 2.38. The Kier molecular flexibility index (Phi) is 4.47. The van der Waals surface area contributed by atoms with Gasteiger partial charge in [0.15, 0.2) is 0 Å². The molecule has 3 rings (SSSR count). The number of rotatable bonds is 5. The molecule has 0 radical (unpaired) electrons. The monoisotopic (exact) mass is 298 g/mol. The number of thiophene rings is 1. The first-order valence-corrected chi connectivity index (χ1v) is 8.65. The van der Waals surface area contributed by atoms with E-state index in [1.165, 1.54) is 50.2 Å². The summed E-state index contributed by atoms with van der Waals surface area (Å²) in [6.07, 6.45) is 5.48. The number of hydrogen-bond acceptors (Lipinski definition) is 3. The summed E-state index contributed by atoms with van der Waals surface area (Å²) >= 11 is 7.83.